The largest absolute Gasteiger partial charge is 0.197 e. The van der Waals surface area contributed by atoms with Crippen molar-refractivity contribution < 1.29 is 0 Å². The molecule has 0 bridgehead atoms. The van der Waals surface area contributed by atoms with Crippen molar-refractivity contribution >= 4 is 0 Å². The molecule has 1 nitrogen and oxygen atoms in total. The molecule has 0 aromatic carbocycles. The smallest absolute Gasteiger partial charge is 0.107 e. The Kier molecular flexibility index (Phi) is 6.76. The molecule has 1 heteroatoms. The van der Waals surface area contributed by atoms with Crippen LogP contribution in [0.4, 0.5) is 0 Å². The standard InChI is InChI=1S/C14H21N/c15-13-14-11-9-7-5-3-1-2-4-6-8-10-12-14/h14H,1-9,11H2. The zero-order valence-corrected chi connectivity index (χ0v) is 9.60. The van der Waals surface area contributed by atoms with E-state index in [1.807, 2.05) is 0 Å². The minimum Gasteiger partial charge on any atom is -0.197 e. The van der Waals surface area contributed by atoms with Gasteiger partial charge in [0.15, 0.2) is 0 Å². The lowest BCUT2D eigenvalue weighted by atomic mass is 10.0. The molecule has 1 unspecified atom stereocenters. The highest BCUT2D eigenvalue weighted by Crippen LogP contribution is 2.14. The molecule has 0 N–H and O–H groups in total. The van der Waals surface area contributed by atoms with Gasteiger partial charge in [-0.05, 0) is 12.8 Å². The summed E-state index contributed by atoms with van der Waals surface area (Å²) in [6.45, 7) is 0. The van der Waals surface area contributed by atoms with E-state index in [4.69, 9.17) is 5.26 Å². The van der Waals surface area contributed by atoms with Crippen LogP contribution in [0, 0.1) is 29.1 Å². The van der Waals surface area contributed by atoms with Gasteiger partial charge in [-0.25, -0.2) is 0 Å². The van der Waals surface area contributed by atoms with Gasteiger partial charge in [0.05, 0.1) is 6.07 Å². The normalized spacial score (nSPS) is 24.6. The topological polar surface area (TPSA) is 23.8 Å². The monoisotopic (exact) mass is 203 g/mol. The molecule has 1 aliphatic rings. The molecule has 0 fully saturated rings. The third kappa shape index (κ3) is 6.19. The minimum absolute atomic E-state index is 0.00856. The number of nitrogens with zero attached hydrogens (tertiary/aromatic N) is 1. The van der Waals surface area contributed by atoms with Gasteiger partial charge in [0.25, 0.3) is 0 Å². The average molecular weight is 203 g/mol. The van der Waals surface area contributed by atoms with E-state index >= 15 is 0 Å². The Morgan fingerprint density at radius 1 is 0.867 bits per heavy atom. The van der Waals surface area contributed by atoms with Crippen LogP contribution in [0.5, 0.6) is 0 Å². The SMILES string of the molecule is N#CC1C#CCCCCCCCCCC1. The minimum atomic E-state index is -0.00856. The molecule has 0 spiro atoms. The van der Waals surface area contributed by atoms with Crippen LogP contribution in [0.15, 0.2) is 0 Å². The van der Waals surface area contributed by atoms with Crippen LogP contribution in [0.1, 0.15) is 64.2 Å². The number of hydrogen-bond acceptors (Lipinski definition) is 1. The summed E-state index contributed by atoms with van der Waals surface area (Å²) in [5.74, 6) is 6.24. The van der Waals surface area contributed by atoms with Gasteiger partial charge in [0.2, 0.25) is 0 Å². The molecule has 0 heterocycles. The molecule has 15 heavy (non-hydrogen) atoms. The molecule has 82 valence electrons. The van der Waals surface area contributed by atoms with E-state index in [2.05, 4.69) is 17.9 Å². The van der Waals surface area contributed by atoms with Gasteiger partial charge >= 0.3 is 0 Å². The van der Waals surface area contributed by atoms with E-state index in [1.54, 1.807) is 0 Å². The first kappa shape index (κ1) is 12.1. The van der Waals surface area contributed by atoms with Gasteiger partial charge in [0, 0.05) is 6.42 Å². The maximum atomic E-state index is 8.90. The summed E-state index contributed by atoms with van der Waals surface area (Å²) in [6.07, 6.45) is 12.4. The van der Waals surface area contributed by atoms with E-state index in [1.165, 1.54) is 51.4 Å². The molecule has 0 aliphatic heterocycles. The molecule has 0 radical (unpaired) electrons. The number of hydrogen-bond donors (Lipinski definition) is 0. The lowest BCUT2D eigenvalue weighted by molar-refractivity contribution is 0.553. The van der Waals surface area contributed by atoms with Crippen LogP contribution in [-0.2, 0) is 0 Å². The van der Waals surface area contributed by atoms with Crippen molar-refractivity contribution in [3.05, 3.63) is 0 Å². The van der Waals surface area contributed by atoms with Crippen LogP contribution in [0.25, 0.3) is 0 Å². The molecule has 0 aromatic heterocycles. The fourth-order valence-corrected chi connectivity index (χ4v) is 1.99. The van der Waals surface area contributed by atoms with Crippen LogP contribution in [-0.4, -0.2) is 0 Å². The third-order valence-corrected chi connectivity index (χ3v) is 2.98. The Morgan fingerprint density at radius 2 is 1.47 bits per heavy atom. The van der Waals surface area contributed by atoms with Gasteiger partial charge in [-0.3, -0.25) is 0 Å². The van der Waals surface area contributed by atoms with Crippen molar-refractivity contribution in [3.63, 3.8) is 0 Å². The Morgan fingerprint density at radius 3 is 2.13 bits per heavy atom. The first-order valence-electron chi connectivity index (χ1n) is 6.31. The van der Waals surface area contributed by atoms with Crippen LogP contribution < -0.4 is 0 Å². The molecule has 1 aliphatic carbocycles. The zero-order chi connectivity index (χ0) is 10.8. The van der Waals surface area contributed by atoms with Crippen molar-refractivity contribution in [2.45, 2.75) is 64.2 Å². The van der Waals surface area contributed by atoms with E-state index in [-0.39, 0.29) is 5.92 Å². The lowest BCUT2D eigenvalue weighted by Crippen LogP contribution is -1.93. The highest BCUT2D eigenvalue weighted by Gasteiger charge is 2.02. The van der Waals surface area contributed by atoms with Crippen LogP contribution in [0.3, 0.4) is 0 Å². The predicted molar refractivity (Wildman–Crippen MR) is 63.0 cm³/mol. The molecule has 1 atom stereocenters. The number of nitriles is 1. The lowest BCUT2D eigenvalue weighted by Gasteiger charge is -2.01. The molecule has 0 amide bonds. The first-order valence-corrected chi connectivity index (χ1v) is 6.31. The summed E-state index contributed by atoms with van der Waals surface area (Å²) in [5.41, 5.74) is 0. The van der Waals surface area contributed by atoms with Gasteiger partial charge < -0.3 is 0 Å². The predicted octanol–water partition coefficient (Wildman–Crippen LogP) is 4.04. The van der Waals surface area contributed by atoms with Crippen molar-refractivity contribution in [1.29, 1.82) is 5.26 Å². The van der Waals surface area contributed by atoms with Gasteiger partial charge in [0.1, 0.15) is 5.92 Å². The van der Waals surface area contributed by atoms with E-state index < -0.39 is 0 Å². The van der Waals surface area contributed by atoms with E-state index in [9.17, 15) is 0 Å². The third-order valence-electron chi connectivity index (χ3n) is 2.98. The van der Waals surface area contributed by atoms with Crippen molar-refractivity contribution in [2.75, 3.05) is 0 Å². The number of rotatable bonds is 0. The van der Waals surface area contributed by atoms with Crippen molar-refractivity contribution in [1.82, 2.24) is 0 Å². The molecule has 0 saturated carbocycles. The summed E-state index contributed by atoms with van der Waals surface area (Å²) in [5, 5.41) is 8.90. The highest BCUT2D eigenvalue weighted by atomic mass is 14.3. The summed E-state index contributed by atoms with van der Waals surface area (Å²) >= 11 is 0. The van der Waals surface area contributed by atoms with E-state index in [0.29, 0.717) is 0 Å². The second-order valence-corrected chi connectivity index (χ2v) is 4.37. The first-order chi connectivity index (χ1) is 7.43. The second kappa shape index (κ2) is 8.37. The van der Waals surface area contributed by atoms with Gasteiger partial charge in [-0.15, -0.1) is 5.92 Å². The molecule has 1 rings (SSSR count). The summed E-state index contributed by atoms with van der Waals surface area (Å²) in [4.78, 5) is 0. The zero-order valence-electron chi connectivity index (χ0n) is 9.60. The molecular formula is C14H21N. The molecule has 0 saturated heterocycles. The van der Waals surface area contributed by atoms with E-state index in [0.717, 1.165) is 12.8 Å². The van der Waals surface area contributed by atoms with Crippen molar-refractivity contribution in [2.24, 2.45) is 5.92 Å². The second-order valence-electron chi connectivity index (χ2n) is 4.37. The highest BCUT2D eigenvalue weighted by molar-refractivity contribution is 5.11. The summed E-state index contributed by atoms with van der Waals surface area (Å²) < 4.78 is 0. The fourth-order valence-electron chi connectivity index (χ4n) is 1.99. The average Bonchev–Trinajstić information content (AvgIpc) is 2.29. The Bertz CT molecular complexity index is 251. The fraction of sp³-hybridized carbons (Fsp3) is 0.786. The van der Waals surface area contributed by atoms with Crippen LogP contribution in [0.2, 0.25) is 0 Å². The quantitative estimate of drug-likeness (QED) is 0.545. The van der Waals surface area contributed by atoms with Gasteiger partial charge in [-0.1, -0.05) is 50.9 Å². The maximum Gasteiger partial charge on any atom is 0.107 e. The van der Waals surface area contributed by atoms with Crippen molar-refractivity contribution in [3.8, 4) is 17.9 Å². The van der Waals surface area contributed by atoms with Gasteiger partial charge in [-0.2, -0.15) is 5.26 Å². The molecular weight excluding hydrogens is 182 g/mol. The Balaban J connectivity index is 2.35. The maximum absolute atomic E-state index is 8.90. The van der Waals surface area contributed by atoms with Crippen LogP contribution >= 0.6 is 0 Å². The Labute approximate surface area is 93.9 Å². The molecule has 0 aromatic rings. The summed E-state index contributed by atoms with van der Waals surface area (Å²) in [7, 11) is 0. The Hall–Kier alpha value is -0.950. The summed E-state index contributed by atoms with van der Waals surface area (Å²) in [6, 6.07) is 2.30.